The summed E-state index contributed by atoms with van der Waals surface area (Å²) in [6.45, 7) is 7.14. The van der Waals surface area contributed by atoms with Crippen LogP contribution in [0.25, 0.3) is 0 Å². The van der Waals surface area contributed by atoms with Gasteiger partial charge in [0.15, 0.2) is 0 Å². The molecule has 2 atom stereocenters. The normalized spacial score (nSPS) is 27.9. The molecule has 2 rings (SSSR count). The van der Waals surface area contributed by atoms with Crippen LogP contribution >= 0.6 is 15.9 Å². The van der Waals surface area contributed by atoms with Crippen molar-refractivity contribution in [1.82, 2.24) is 9.78 Å². The van der Waals surface area contributed by atoms with E-state index in [9.17, 15) is 5.11 Å². The van der Waals surface area contributed by atoms with Crippen LogP contribution in [-0.4, -0.2) is 20.5 Å². The number of hydrogen-bond acceptors (Lipinski definition) is 2. The minimum absolute atomic E-state index is 0.435. The lowest BCUT2D eigenvalue weighted by Gasteiger charge is -2.30. The van der Waals surface area contributed by atoms with Crippen LogP contribution in [-0.2, 0) is 13.0 Å². The van der Waals surface area contributed by atoms with Gasteiger partial charge < -0.3 is 5.11 Å². The highest BCUT2D eigenvalue weighted by molar-refractivity contribution is 9.10. The molecule has 0 bridgehead atoms. The molecular formula is C14H23BrN2O. The Morgan fingerprint density at radius 3 is 2.83 bits per heavy atom. The summed E-state index contributed by atoms with van der Waals surface area (Å²) in [5.41, 5.74) is 1.63. The summed E-state index contributed by atoms with van der Waals surface area (Å²) >= 11 is 3.62. The van der Waals surface area contributed by atoms with E-state index in [1.54, 1.807) is 0 Å². The smallest absolute Gasteiger partial charge is 0.0738 e. The van der Waals surface area contributed by atoms with E-state index in [0.29, 0.717) is 5.92 Å². The zero-order valence-corrected chi connectivity index (χ0v) is 13.1. The van der Waals surface area contributed by atoms with E-state index in [4.69, 9.17) is 0 Å². The minimum Gasteiger partial charge on any atom is -0.389 e. The Balaban J connectivity index is 2.28. The third-order valence-electron chi connectivity index (χ3n) is 4.34. The zero-order valence-electron chi connectivity index (χ0n) is 11.5. The monoisotopic (exact) mass is 314 g/mol. The van der Waals surface area contributed by atoms with E-state index < -0.39 is 5.60 Å². The second-order valence-corrected chi connectivity index (χ2v) is 6.23. The number of rotatable bonds is 4. The van der Waals surface area contributed by atoms with Gasteiger partial charge in [0.2, 0.25) is 0 Å². The van der Waals surface area contributed by atoms with Crippen molar-refractivity contribution >= 4 is 15.9 Å². The third-order valence-corrected chi connectivity index (χ3v) is 5.37. The van der Waals surface area contributed by atoms with Crippen LogP contribution < -0.4 is 0 Å². The first-order chi connectivity index (χ1) is 8.51. The molecule has 0 amide bonds. The van der Waals surface area contributed by atoms with Crippen LogP contribution in [0.1, 0.15) is 50.9 Å². The molecule has 0 saturated heterocycles. The molecule has 18 heavy (non-hydrogen) atoms. The minimum atomic E-state index is -0.531. The molecule has 0 spiro atoms. The summed E-state index contributed by atoms with van der Waals surface area (Å²) in [6, 6.07) is 0. The summed E-state index contributed by atoms with van der Waals surface area (Å²) in [5.74, 6) is 0.435. The molecule has 1 fully saturated rings. The van der Waals surface area contributed by atoms with Gasteiger partial charge in [-0.25, -0.2) is 0 Å². The molecule has 1 aliphatic carbocycles. The van der Waals surface area contributed by atoms with E-state index in [0.717, 1.165) is 54.5 Å². The Morgan fingerprint density at radius 1 is 1.50 bits per heavy atom. The molecule has 0 radical (unpaired) electrons. The van der Waals surface area contributed by atoms with Crippen LogP contribution in [0.4, 0.5) is 0 Å². The number of aromatic nitrogens is 2. The Kier molecular flexibility index (Phi) is 4.17. The summed E-state index contributed by atoms with van der Waals surface area (Å²) in [6.07, 6.45) is 5.01. The van der Waals surface area contributed by atoms with Crippen LogP contribution in [0.2, 0.25) is 0 Å². The van der Waals surface area contributed by atoms with Crippen LogP contribution in [0.15, 0.2) is 4.47 Å². The molecule has 1 N–H and O–H groups in total. The molecule has 1 aliphatic rings. The van der Waals surface area contributed by atoms with E-state index in [2.05, 4.69) is 34.9 Å². The van der Waals surface area contributed by atoms with Crippen molar-refractivity contribution in [3.63, 3.8) is 0 Å². The highest BCUT2D eigenvalue weighted by Gasteiger charge is 2.41. The fourth-order valence-electron chi connectivity index (χ4n) is 3.27. The van der Waals surface area contributed by atoms with Gasteiger partial charge in [0.1, 0.15) is 0 Å². The van der Waals surface area contributed by atoms with Gasteiger partial charge in [-0.2, -0.15) is 5.10 Å². The van der Waals surface area contributed by atoms with Crippen molar-refractivity contribution in [2.75, 3.05) is 0 Å². The Morgan fingerprint density at radius 2 is 2.22 bits per heavy atom. The number of hydrogen-bond donors (Lipinski definition) is 1. The largest absolute Gasteiger partial charge is 0.389 e. The summed E-state index contributed by atoms with van der Waals surface area (Å²) in [4.78, 5) is 0. The predicted octanol–water partition coefficient (Wildman–Crippen LogP) is 3.46. The third kappa shape index (κ3) is 2.37. The van der Waals surface area contributed by atoms with Gasteiger partial charge in [0, 0.05) is 13.0 Å². The molecule has 0 aromatic carbocycles. The average molecular weight is 315 g/mol. The maximum Gasteiger partial charge on any atom is 0.0738 e. The first-order valence-electron chi connectivity index (χ1n) is 6.96. The van der Waals surface area contributed by atoms with E-state index in [1.165, 1.54) is 0 Å². The van der Waals surface area contributed by atoms with Crippen molar-refractivity contribution < 1.29 is 5.11 Å². The van der Waals surface area contributed by atoms with E-state index in [1.807, 2.05) is 11.6 Å². The van der Waals surface area contributed by atoms with Gasteiger partial charge in [-0.05, 0) is 48.5 Å². The second kappa shape index (κ2) is 5.33. The van der Waals surface area contributed by atoms with Crippen molar-refractivity contribution in [2.24, 2.45) is 5.92 Å². The van der Waals surface area contributed by atoms with Gasteiger partial charge in [0.25, 0.3) is 0 Å². The first kappa shape index (κ1) is 14.1. The van der Waals surface area contributed by atoms with Gasteiger partial charge in [-0.3, -0.25) is 4.68 Å². The predicted molar refractivity (Wildman–Crippen MR) is 76.6 cm³/mol. The van der Waals surface area contributed by atoms with Crippen molar-refractivity contribution in [3.05, 3.63) is 15.9 Å². The Labute approximate surface area is 118 Å². The van der Waals surface area contributed by atoms with Crippen LogP contribution in [0.5, 0.6) is 0 Å². The molecule has 1 aromatic rings. The maximum absolute atomic E-state index is 10.9. The quantitative estimate of drug-likeness (QED) is 0.924. The number of aryl methyl sites for hydroxylation is 2. The summed E-state index contributed by atoms with van der Waals surface area (Å²) in [7, 11) is 0. The van der Waals surface area contributed by atoms with Crippen molar-refractivity contribution in [1.29, 1.82) is 0 Å². The van der Waals surface area contributed by atoms with E-state index in [-0.39, 0.29) is 0 Å². The van der Waals surface area contributed by atoms with Crippen molar-refractivity contribution in [3.8, 4) is 0 Å². The maximum atomic E-state index is 10.9. The van der Waals surface area contributed by atoms with E-state index >= 15 is 0 Å². The Hall–Kier alpha value is -0.350. The Bertz CT molecular complexity index is 430. The summed E-state index contributed by atoms with van der Waals surface area (Å²) < 4.78 is 3.09. The number of nitrogens with zero attached hydrogens (tertiary/aromatic N) is 2. The SMILES string of the molecule is CCC1CCCC1(O)Cc1c(Br)c(C)nn1CC. The van der Waals surface area contributed by atoms with Crippen molar-refractivity contribution in [2.45, 2.75) is 65.0 Å². The second-order valence-electron chi connectivity index (χ2n) is 5.44. The van der Waals surface area contributed by atoms with Gasteiger partial charge in [-0.1, -0.05) is 19.8 Å². The molecule has 3 nitrogen and oxygen atoms in total. The topological polar surface area (TPSA) is 38.1 Å². The molecule has 1 heterocycles. The van der Waals surface area contributed by atoms with Gasteiger partial charge in [0.05, 0.1) is 21.5 Å². The lowest BCUT2D eigenvalue weighted by molar-refractivity contribution is -0.000402. The zero-order chi connectivity index (χ0) is 13.3. The van der Waals surface area contributed by atoms with Gasteiger partial charge in [-0.15, -0.1) is 0 Å². The molecule has 0 aliphatic heterocycles. The molecule has 1 aromatic heterocycles. The average Bonchev–Trinajstić information content (AvgIpc) is 2.84. The van der Waals surface area contributed by atoms with Crippen LogP contribution in [0, 0.1) is 12.8 Å². The summed E-state index contributed by atoms with van der Waals surface area (Å²) in [5, 5.41) is 15.4. The fourth-order valence-corrected chi connectivity index (χ4v) is 3.70. The lowest BCUT2D eigenvalue weighted by atomic mass is 9.84. The standard InChI is InChI=1S/C14H23BrN2O/c1-4-11-7-6-8-14(11,18)9-12-13(15)10(3)16-17(12)5-2/h11,18H,4-9H2,1-3H3. The molecule has 2 unspecified atom stereocenters. The lowest BCUT2D eigenvalue weighted by Crippen LogP contribution is -2.36. The molecule has 102 valence electrons. The number of aliphatic hydroxyl groups is 1. The first-order valence-corrected chi connectivity index (χ1v) is 7.75. The fraction of sp³-hybridized carbons (Fsp3) is 0.786. The number of halogens is 1. The molecule has 1 saturated carbocycles. The van der Waals surface area contributed by atoms with Crippen LogP contribution in [0.3, 0.4) is 0 Å². The highest BCUT2D eigenvalue weighted by Crippen LogP contribution is 2.41. The highest BCUT2D eigenvalue weighted by atomic mass is 79.9. The molecule has 4 heteroatoms. The molecular weight excluding hydrogens is 292 g/mol. The van der Waals surface area contributed by atoms with Gasteiger partial charge >= 0.3 is 0 Å².